The van der Waals surface area contributed by atoms with Gasteiger partial charge in [0.1, 0.15) is 5.54 Å². The molecule has 0 bridgehead atoms. The zero-order chi connectivity index (χ0) is 24.0. The molecule has 2 aliphatic carbocycles. The molecule has 2 aromatic rings. The van der Waals surface area contributed by atoms with Gasteiger partial charge in [0.25, 0.3) is 12.4 Å². The summed E-state index contributed by atoms with van der Waals surface area (Å²) in [5, 5.41) is 4.92. The molecule has 0 radical (unpaired) electrons. The van der Waals surface area contributed by atoms with Crippen molar-refractivity contribution in [3.05, 3.63) is 71.8 Å². The second-order valence-electron chi connectivity index (χ2n) is 8.92. The van der Waals surface area contributed by atoms with Gasteiger partial charge in [-0.1, -0.05) is 60.7 Å². The largest absolute Gasteiger partial charge is 2.00 e. The van der Waals surface area contributed by atoms with Gasteiger partial charge in [0.15, 0.2) is 5.72 Å². The fourth-order valence-corrected chi connectivity index (χ4v) is 4.25. The summed E-state index contributed by atoms with van der Waals surface area (Å²) in [4.78, 5) is 32.8. The van der Waals surface area contributed by atoms with E-state index in [2.05, 4.69) is 10.6 Å². The molecule has 8 N–H and O–H groups in total. The van der Waals surface area contributed by atoms with E-state index in [0.29, 0.717) is 45.4 Å². The quantitative estimate of drug-likeness (QED) is 0.156. The molecule has 38 heavy (non-hydrogen) atoms. The van der Waals surface area contributed by atoms with Crippen molar-refractivity contribution in [1.82, 2.24) is 10.6 Å². The van der Waals surface area contributed by atoms with E-state index in [4.69, 9.17) is 19.9 Å². The fraction of sp³-hybridized carbons (Fsp3) is 0.400. The van der Waals surface area contributed by atoms with Crippen molar-refractivity contribution in [2.45, 2.75) is 62.4 Å². The maximum atomic E-state index is 11.6. The Morgan fingerprint density at radius 2 is 1.29 bits per heavy atom. The van der Waals surface area contributed by atoms with Gasteiger partial charge in [-0.2, -0.15) is 0 Å². The maximum Gasteiger partial charge on any atom is 2.00 e. The zero-order valence-electron chi connectivity index (χ0n) is 20.9. The van der Waals surface area contributed by atoms with Crippen molar-refractivity contribution in [3.63, 3.8) is 0 Å². The van der Waals surface area contributed by atoms with Crippen LogP contribution in [0.3, 0.4) is 0 Å². The number of nitrogens with one attached hydrogen (secondary N) is 2. The van der Waals surface area contributed by atoms with Crippen molar-refractivity contribution >= 4 is 67.3 Å². The summed E-state index contributed by atoms with van der Waals surface area (Å²) in [5.74, 6) is -0.230. The molecule has 3 aliphatic rings. The second-order valence-corrected chi connectivity index (χ2v) is 8.92. The minimum atomic E-state index is -0.802. The van der Waals surface area contributed by atoms with Crippen molar-refractivity contribution in [1.29, 1.82) is 0 Å². The zero-order valence-corrected chi connectivity index (χ0v) is 25.3. The predicted molar refractivity (Wildman–Crippen MR) is 135 cm³/mol. The van der Waals surface area contributed by atoms with Crippen LogP contribution in [0.4, 0.5) is 4.79 Å². The van der Waals surface area contributed by atoms with Gasteiger partial charge >= 0.3 is 54.9 Å². The molecule has 0 unspecified atom stereocenters. The molecule has 5 rings (SSSR count). The third kappa shape index (κ3) is 9.43. The number of rotatable bonds is 8. The third-order valence-corrected chi connectivity index (χ3v) is 6.25. The Morgan fingerprint density at radius 1 is 0.842 bits per heavy atom. The Kier molecular flexibility index (Phi) is 15.5. The normalized spacial score (nSPS) is 26.0. The number of benzene rings is 2. The summed E-state index contributed by atoms with van der Waals surface area (Å²) in [7, 11) is 0. The number of nitrogens with two attached hydrogens (primary N) is 1. The van der Waals surface area contributed by atoms with E-state index in [1.54, 1.807) is 0 Å². The van der Waals surface area contributed by atoms with Crippen LogP contribution >= 0.6 is 0 Å². The Labute approximate surface area is 261 Å². The minimum Gasteiger partial charge on any atom is -0.870 e. The molecular formula is C25H33BaN3O9. The number of hydrogen-bond donors (Lipinski definition) is 3. The third-order valence-electron chi connectivity index (χ3n) is 6.25. The topological polar surface area (TPSA) is 220 Å². The first-order chi connectivity index (χ1) is 16.4. The van der Waals surface area contributed by atoms with Crippen LogP contribution in [0.25, 0.3) is 0 Å². The number of imide groups is 1. The van der Waals surface area contributed by atoms with Crippen LogP contribution in [0.1, 0.15) is 36.8 Å². The summed E-state index contributed by atoms with van der Waals surface area (Å²) in [6.07, 6.45) is 2.37. The van der Waals surface area contributed by atoms with Crippen LogP contribution in [0.15, 0.2) is 60.7 Å². The van der Waals surface area contributed by atoms with Crippen LogP contribution in [-0.4, -0.2) is 107 Å². The number of carbonyl (C=O) groups excluding carboxylic acids is 3. The molecule has 12 nitrogen and oxygen atoms in total. The number of ether oxygens (including phenoxy) is 3. The molecule has 1 spiro atoms. The summed E-state index contributed by atoms with van der Waals surface area (Å²) in [5.41, 5.74) is 6.47. The molecule has 204 valence electrons. The van der Waals surface area contributed by atoms with Crippen molar-refractivity contribution < 1.29 is 45.0 Å². The first-order valence-corrected chi connectivity index (χ1v) is 11.2. The van der Waals surface area contributed by atoms with E-state index >= 15 is 0 Å². The fourth-order valence-electron chi connectivity index (χ4n) is 4.25. The molecule has 13 heteroatoms. The maximum absolute atomic E-state index is 11.6. The Hall–Kier alpha value is -1.82. The number of amides is 3. The van der Waals surface area contributed by atoms with E-state index in [1.165, 1.54) is 0 Å². The van der Waals surface area contributed by atoms with E-state index in [1.807, 2.05) is 60.7 Å². The average Bonchev–Trinajstić information content (AvgIpc) is 3.10. The molecule has 0 aromatic heterocycles. The molecule has 2 saturated carbocycles. The Bertz CT molecular complexity index is 1000. The average molecular weight is 657 g/mol. The Morgan fingerprint density at radius 3 is 1.68 bits per heavy atom. The molecule has 1 aliphatic heterocycles. The van der Waals surface area contributed by atoms with E-state index in [0.717, 1.165) is 11.1 Å². The second kappa shape index (κ2) is 16.3. The molecule has 1 heterocycles. The standard InChI is InChI=1S/C13H14N2O3.C12H15NO3.Ba.3H2O/c16-11-13(15-12(17)14-11)6-10(7-13)18-8-9-4-2-1-3-5-9;13-12(16-9-14)6-11(7-12)15-8-10-4-2-1-3-5-10;;;;/h1-5,10H,6-8H2,(H2,14,15,16,17);1-5,9,11H,6-8,13H2;;3*1H2/q;;+2;;;/p-2. The smallest absolute Gasteiger partial charge is 0.870 e. The van der Waals surface area contributed by atoms with Crippen LogP contribution in [0.2, 0.25) is 0 Å². The van der Waals surface area contributed by atoms with Crippen LogP contribution in [-0.2, 0) is 37.0 Å². The van der Waals surface area contributed by atoms with E-state index < -0.39 is 17.3 Å². The SMILES string of the molecule is NC1(OC=O)CC(OCc2ccccc2)C1.O.O=C1NC(=O)C2(CC(OCc3ccccc3)C2)N1.[Ba+2].[OH-].[OH-]. The van der Waals surface area contributed by atoms with Crippen molar-refractivity contribution in [2.75, 3.05) is 0 Å². The van der Waals surface area contributed by atoms with Crippen LogP contribution < -0.4 is 16.4 Å². The molecule has 2 aromatic carbocycles. The van der Waals surface area contributed by atoms with Gasteiger partial charge in [-0.3, -0.25) is 20.6 Å². The summed E-state index contributed by atoms with van der Waals surface area (Å²) >= 11 is 0. The monoisotopic (exact) mass is 657 g/mol. The molecule has 0 atom stereocenters. The van der Waals surface area contributed by atoms with Gasteiger partial charge in [0.2, 0.25) is 0 Å². The van der Waals surface area contributed by atoms with E-state index in [9.17, 15) is 14.4 Å². The predicted octanol–water partition coefficient (Wildman–Crippen LogP) is 0.578. The molecular weight excluding hydrogens is 624 g/mol. The number of urea groups is 1. The Balaban J connectivity index is 0.000000656. The number of carbonyl (C=O) groups is 3. The van der Waals surface area contributed by atoms with Crippen molar-refractivity contribution in [2.24, 2.45) is 5.73 Å². The van der Waals surface area contributed by atoms with Gasteiger partial charge in [0.05, 0.1) is 25.4 Å². The van der Waals surface area contributed by atoms with Crippen LogP contribution in [0.5, 0.6) is 0 Å². The number of hydrogen-bond acceptors (Lipinski definition) is 9. The summed E-state index contributed by atoms with van der Waals surface area (Å²) < 4.78 is 16.1. The first-order valence-electron chi connectivity index (χ1n) is 11.2. The summed E-state index contributed by atoms with van der Waals surface area (Å²) in [6, 6.07) is 19.4. The van der Waals surface area contributed by atoms with Gasteiger partial charge in [0, 0.05) is 25.7 Å². The van der Waals surface area contributed by atoms with Gasteiger partial charge in [-0.05, 0) is 11.1 Å². The molecule has 3 amide bonds. The van der Waals surface area contributed by atoms with Gasteiger partial charge in [-0.15, -0.1) is 0 Å². The van der Waals surface area contributed by atoms with E-state index in [-0.39, 0.29) is 83.4 Å². The van der Waals surface area contributed by atoms with Crippen molar-refractivity contribution in [3.8, 4) is 0 Å². The minimum absolute atomic E-state index is 0. The summed E-state index contributed by atoms with van der Waals surface area (Å²) in [6.45, 7) is 1.51. The van der Waals surface area contributed by atoms with Crippen LogP contribution in [0, 0.1) is 0 Å². The van der Waals surface area contributed by atoms with Gasteiger partial charge < -0.3 is 36.0 Å². The van der Waals surface area contributed by atoms with Gasteiger partial charge in [-0.25, -0.2) is 4.79 Å². The molecule has 3 fully saturated rings. The molecule has 1 saturated heterocycles. The first kappa shape index (κ1) is 36.2.